The zero-order chi connectivity index (χ0) is 15.3. The number of carbonyl (C=O) groups excluding carboxylic acids is 1. The highest BCUT2D eigenvalue weighted by Crippen LogP contribution is 2.51. The fraction of sp³-hybridized carbons (Fsp3) is 0.643. The van der Waals surface area contributed by atoms with Crippen LogP contribution in [0.4, 0.5) is 0 Å². The summed E-state index contributed by atoms with van der Waals surface area (Å²) in [6.07, 6.45) is 3.78. The highest BCUT2D eigenvalue weighted by molar-refractivity contribution is 5.94. The second-order valence-corrected chi connectivity index (χ2v) is 5.80. The number of carboxylic acids is 2. The van der Waals surface area contributed by atoms with E-state index in [0.29, 0.717) is 19.3 Å². The molecule has 0 bridgehead atoms. The van der Waals surface area contributed by atoms with E-state index in [1.807, 2.05) is 13.8 Å². The summed E-state index contributed by atoms with van der Waals surface area (Å²) in [5.41, 5.74) is -0.164. The number of hydrogen-bond acceptors (Lipinski definition) is 3. The number of amides is 1. The predicted octanol–water partition coefficient (Wildman–Crippen LogP) is 1.76. The molecule has 6 nitrogen and oxygen atoms in total. The summed E-state index contributed by atoms with van der Waals surface area (Å²) in [6, 6.07) is 0. The molecule has 1 atom stereocenters. The Bertz CT molecular complexity index is 439. The Balaban J connectivity index is 2.42. The van der Waals surface area contributed by atoms with Crippen LogP contribution in [0.5, 0.6) is 0 Å². The van der Waals surface area contributed by atoms with Gasteiger partial charge in [0.1, 0.15) is 5.70 Å². The number of nitrogens with one attached hydrogen (secondary N) is 1. The molecule has 0 aliphatic heterocycles. The fourth-order valence-electron chi connectivity index (χ4n) is 1.99. The molecule has 3 N–H and O–H groups in total. The number of hydrogen-bond donors (Lipinski definition) is 3. The summed E-state index contributed by atoms with van der Waals surface area (Å²) >= 11 is 0. The Labute approximate surface area is 117 Å². The average molecular weight is 283 g/mol. The first-order valence-corrected chi connectivity index (χ1v) is 6.70. The third-order valence-corrected chi connectivity index (χ3v) is 3.51. The van der Waals surface area contributed by atoms with Gasteiger partial charge in [0.25, 0.3) is 0 Å². The highest BCUT2D eigenvalue weighted by atomic mass is 16.4. The summed E-state index contributed by atoms with van der Waals surface area (Å²) in [4.78, 5) is 33.2. The van der Waals surface area contributed by atoms with E-state index in [4.69, 9.17) is 10.2 Å². The molecule has 20 heavy (non-hydrogen) atoms. The largest absolute Gasteiger partial charge is 0.481 e. The molecule has 1 aliphatic carbocycles. The number of unbranched alkanes of at least 4 members (excludes halogenated alkanes) is 2. The predicted molar refractivity (Wildman–Crippen MR) is 71.9 cm³/mol. The smallest absolute Gasteiger partial charge is 0.352 e. The van der Waals surface area contributed by atoms with Crippen LogP contribution in [0.25, 0.3) is 0 Å². The minimum Gasteiger partial charge on any atom is -0.481 e. The van der Waals surface area contributed by atoms with Gasteiger partial charge in [0.05, 0.1) is 0 Å². The molecular weight excluding hydrogens is 262 g/mol. The number of allylic oxidation sites excluding steroid dienone is 1. The lowest BCUT2D eigenvalue weighted by molar-refractivity contribution is -0.137. The summed E-state index contributed by atoms with van der Waals surface area (Å²) < 4.78 is 0. The van der Waals surface area contributed by atoms with Crippen molar-refractivity contribution in [3.63, 3.8) is 0 Å². The first-order valence-electron chi connectivity index (χ1n) is 6.70. The van der Waals surface area contributed by atoms with Crippen molar-refractivity contribution in [3.8, 4) is 0 Å². The van der Waals surface area contributed by atoms with Crippen LogP contribution in [0.1, 0.15) is 46.0 Å². The van der Waals surface area contributed by atoms with Gasteiger partial charge in [-0.3, -0.25) is 9.59 Å². The van der Waals surface area contributed by atoms with Crippen molar-refractivity contribution in [1.82, 2.24) is 5.32 Å². The van der Waals surface area contributed by atoms with E-state index in [0.717, 1.165) is 6.42 Å². The average Bonchev–Trinajstić information content (AvgIpc) is 2.95. The molecule has 1 fully saturated rings. The second kappa shape index (κ2) is 6.54. The van der Waals surface area contributed by atoms with Gasteiger partial charge in [0, 0.05) is 12.3 Å². The van der Waals surface area contributed by atoms with E-state index < -0.39 is 11.9 Å². The minimum absolute atomic E-state index is 0.0464. The molecule has 0 spiro atoms. The number of carboxylic acid groups (broad SMARTS) is 2. The Morgan fingerprint density at radius 1 is 1.25 bits per heavy atom. The van der Waals surface area contributed by atoms with Crippen LogP contribution in [0.2, 0.25) is 0 Å². The van der Waals surface area contributed by atoms with Gasteiger partial charge >= 0.3 is 11.9 Å². The number of aliphatic carboxylic acids is 2. The van der Waals surface area contributed by atoms with E-state index in [9.17, 15) is 14.4 Å². The van der Waals surface area contributed by atoms with Crippen molar-refractivity contribution < 1.29 is 24.6 Å². The van der Waals surface area contributed by atoms with Crippen LogP contribution < -0.4 is 5.32 Å². The van der Waals surface area contributed by atoms with Crippen LogP contribution in [0.3, 0.4) is 0 Å². The van der Waals surface area contributed by atoms with Crippen molar-refractivity contribution in [2.45, 2.75) is 46.0 Å². The molecule has 112 valence electrons. The molecule has 0 aromatic carbocycles. The maximum Gasteiger partial charge on any atom is 0.352 e. The molecule has 1 unspecified atom stereocenters. The van der Waals surface area contributed by atoms with E-state index >= 15 is 0 Å². The first kappa shape index (κ1) is 16.2. The maximum atomic E-state index is 11.8. The van der Waals surface area contributed by atoms with Crippen molar-refractivity contribution in [2.24, 2.45) is 11.3 Å². The van der Waals surface area contributed by atoms with Crippen molar-refractivity contribution in [2.75, 3.05) is 0 Å². The molecule has 0 aromatic rings. The summed E-state index contributed by atoms with van der Waals surface area (Å²) in [5, 5.41) is 19.9. The molecule has 0 radical (unpaired) electrons. The standard InChI is InChI=1S/C14H21NO5/c1-14(2)8-9(14)12(18)15-10(13(19)20)6-4-3-5-7-11(16)17/h6,9H,3-5,7-8H2,1-2H3,(H,15,18)(H,16,17)(H,19,20)/b10-6-. The lowest BCUT2D eigenvalue weighted by Crippen LogP contribution is -2.29. The summed E-state index contributed by atoms with van der Waals surface area (Å²) in [7, 11) is 0. The molecule has 6 heteroatoms. The van der Waals surface area contributed by atoms with Crippen LogP contribution in [0.15, 0.2) is 11.8 Å². The maximum absolute atomic E-state index is 11.8. The van der Waals surface area contributed by atoms with E-state index in [1.54, 1.807) is 0 Å². The third-order valence-electron chi connectivity index (χ3n) is 3.51. The molecule has 0 saturated heterocycles. The quantitative estimate of drug-likeness (QED) is 0.465. The van der Waals surface area contributed by atoms with Gasteiger partial charge in [-0.1, -0.05) is 19.9 Å². The second-order valence-electron chi connectivity index (χ2n) is 5.80. The lowest BCUT2D eigenvalue weighted by Gasteiger charge is -2.07. The Morgan fingerprint density at radius 3 is 2.30 bits per heavy atom. The summed E-state index contributed by atoms with van der Waals surface area (Å²) in [5.74, 6) is -2.42. The van der Waals surface area contributed by atoms with Gasteiger partial charge in [0.15, 0.2) is 0 Å². The van der Waals surface area contributed by atoms with E-state index in [1.165, 1.54) is 6.08 Å². The van der Waals surface area contributed by atoms with Gasteiger partial charge < -0.3 is 15.5 Å². The van der Waals surface area contributed by atoms with Gasteiger partial charge in [-0.25, -0.2) is 4.79 Å². The molecule has 1 rings (SSSR count). The first-order chi connectivity index (χ1) is 9.24. The van der Waals surface area contributed by atoms with Crippen LogP contribution >= 0.6 is 0 Å². The van der Waals surface area contributed by atoms with Crippen molar-refractivity contribution in [3.05, 3.63) is 11.8 Å². The molecule has 1 saturated carbocycles. The van der Waals surface area contributed by atoms with Crippen LogP contribution in [-0.2, 0) is 14.4 Å². The van der Waals surface area contributed by atoms with E-state index in [-0.39, 0.29) is 29.4 Å². The Kier molecular flexibility index (Phi) is 5.30. The number of carbonyl (C=O) groups is 3. The summed E-state index contributed by atoms with van der Waals surface area (Å²) in [6.45, 7) is 3.93. The molecule has 0 heterocycles. The van der Waals surface area contributed by atoms with E-state index in [2.05, 4.69) is 5.32 Å². The third kappa shape index (κ3) is 5.03. The van der Waals surface area contributed by atoms with Crippen LogP contribution in [-0.4, -0.2) is 28.1 Å². The van der Waals surface area contributed by atoms with Gasteiger partial charge in [-0.15, -0.1) is 0 Å². The molecule has 1 amide bonds. The Hall–Kier alpha value is -1.85. The monoisotopic (exact) mass is 283 g/mol. The van der Waals surface area contributed by atoms with Gasteiger partial charge in [-0.05, 0) is 31.1 Å². The van der Waals surface area contributed by atoms with Gasteiger partial charge in [0.2, 0.25) is 5.91 Å². The Morgan fingerprint density at radius 2 is 1.85 bits per heavy atom. The van der Waals surface area contributed by atoms with Crippen LogP contribution in [0, 0.1) is 11.3 Å². The molecule has 0 aromatic heterocycles. The van der Waals surface area contributed by atoms with Gasteiger partial charge in [-0.2, -0.15) is 0 Å². The zero-order valence-electron chi connectivity index (χ0n) is 11.8. The zero-order valence-corrected chi connectivity index (χ0v) is 11.8. The fourth-order valence-corrected chi connectivity index (χ4v) is 1.99. The minimum atomic E-state index is -1.17. The van der Waals surface area contributed by atoms with Crippen molar-refractivity contribution >= 4 is 17.8 Å². The molecular formula is C14H21NO5. The van der Waals surface area contributed by atoms with Crippen molar-refractivity contribution in [1.29, 1.82) is 0 Å². The highest BCUT2D eigenvalue weighted by Gasteiger charge is 2.50. The molecule has 1 aliphatic rings. The lowest BCUT2D eigenvalue weighted by atomic mass is 10.1. The SMILES string of the molecule is CC1(C)CC1C(=O)N/C(=C\CCCCC(=O)O)C(=O)O. The normalized spacial score (nSPS) is 20.3. The topological polar surface area (TPSA) is 104 Å². The number of rotatable bonds is 8.